The first-order valence-corrected chi connectivity index (χ1v) is 6.65. The normalized spacial score (nSPS) is 49.6. The Hall–Kier alpha value is 1.26. The molecule has 0 radical (unpaired) electrons. The minimum Gasteiger partial charge on any atom is -0.196 e. The third-order valence-electron chi connectivity index (χ3n) is 2.98. The quantitative estimate of drug-likeness (QED) is 0.574. The Morgan fingerprint density at radius 2 is 1.50 bits per heavy atom. The van der Waals surface area contributed by atoms with Gasteiger partial charge in [0.2, 0.25) is 0 Å². The molecule has 88 valence electrons. The van der Waals surface area contributed by atoms with Crippen LogP contribution < -0.4 is 0 Å². The second-order valence-electron chi connectivity index (χ2n) is 3.75. The van der Waals surface area contributed by atoms with Crippen molar-refractivity contribution in [2.75, 3.05) is 0 Å². The van der Waals surface area contributed by atoms with Gasteiger partial charge in [-0.25, -0.2) is 0 Å². The van der Waals surface area contributed by atoms with Gasteiger partial charge in [-0.3, -0.25) is 0 Å². The van der Waals surface area contributed by atoms with Crippen molar-refractivity contribution in [3.63, 3.8) is 0 Å². The standard InChI is InChI=1S/C8H2Cl7N/c9-3-4(10)7(13)5(11,2-16)1-6(3,12)8(7,14)15/h1H2. The molecule has 2 aliphatic rings. The van der Waals surface area contributed by atoms with Crippen molar-refractivity contribution in [2.24, 2.45) is 0 Å². The second-order valence-corrected chi connectivity index (χ2v) is 7.69. The Morgan fingerprint density at radius 3 is 1.81 bits per heavy atom. The number of alkyl halides is 5. The summed E-state index contributed by atoms with van der Waals surface area (Å²) in [6, 6.07) is 1.85. The van der Waals surface area contributed by atoms with E-state index in [-0.39, 0.29) is 16.5 Å². The lowest BCUT2D eigenvalue weighted by Crippen LogP contribution is -2.49. The molecule has 2 rings (SSSR count). The maximum absolute atomic E-state index is 9.10. The maximum Gasteiger partial charge on any atom is 0.169 e. The van der Waals surface area contributed by atoms with Gasteiger partial charge >= 0.3 is 0 Å². The number of hydrogen-bond acceptors (Lipinski definition) is 1. The van der Waals surface area contributed by atoms with Crippen molar-refractivity contribution >= 4 is 81.2 Å². The third kappa shape index (κ3) is 1.09. The highest BCUT2D eigenvalue weighted by atomic mass is 35.5. The fourth-order valence-electron chi connectivity index (χ4n) is 2.06. The molecule has 1 fully saturated rings. The Morgan fingerprint density at radius 1 is 1.00 bits per heavy atom. The van der Waals surface area contributed by atoms with Crippen LogP contribution in [0.3, 0.4) is 0 Å². The molecule has 0 spiro atoms. The van der Waals surface area contributed by atoms with Gasteiger partial charge in [0.05, 0.1) is 16.1 Å². The summed E-state index contributed by atoms with van der Waals surface area (Å²) in [5, 5.41) is 9.07. The molecule has 0 aromatic heterocycles. The molecule has 1 nitrogen and oxygen atoms in total. The highest BCUT2D eigenvalue weighted by Crippen LogP contribution is 2.76. The molecular formula is C8H2Cl7N. The van der Waals surface area contributed by atoms with Crippen LogP contribution in [0, 0.1) is 11.3 Å². The monoisotopic (exact) mass is 357 g/mol. The van der Waals surface area contributed by atoms with Gasteiger partial charge in [-0.05, 0) is 0 Å². The largest absolute Gasteiger partial charge is 0.196 e. The SMILES string of the molecule is N#CC1(Cl)CC2(Cl)C(Cl)=C(Cl)C1(Cl)C2(Cl)Cl. The van der Waals surface area contributed by atoms with E-state index >= 15 is 0 Å². The summed E-state index contributed by atoms with van der Waals surface area (Å²) in [6.07, 6.45) is -0.0782. The van der Waals surface area contributed by atoms with Gasteiger partial charge in [0.15, 0.2) is 9.21 Å². The van der Waals surface area contributed by atoms with E-state index in [2.05, 4.69) is 0 Å². The van der Waals surface area contributed by atoms with Gasteiger partial charge < -0.3 is 0 Å². The van der Waals surface area contributed by atoms with Crippen molar-refractivity contribution in [3.8, 4) is 6.07 Å². The summed E-state index contributed by atoms with van der Waals surface area (Å²) in [4.78, 5) is -4.73. The molecule has 0 aliphatic heterocycles. The average Bonchev–Trinajstić information content (AvgIpc) is 2.39. The first kappa shape index (κ1) is 13.7. The predicted molar refractivity (Wildman–Crippen MR) is 69.2 cm³/mol. The van der Waals surface area contributed by atoms with Crippen LogP contribution in [0.25, 0.3) is 0 Å². The van der Waals surface area contributed by atoms with Gasteiger partial charge in [-0.15, -0.1) is 34.8 Å². The van der Waals surface area contributed by atoms with Crippen LogP contribution >= 0.6 is 81.2 Å². The van der Waals surface area contributed by atoms with Crippen LogP contribution in [-0.2, 0) is 0 Å². The van der Waals surface area contributed by atoms with Crippen molar-refractivity contribution in [2.45, 2.75) is 25.4 Å². The summed E-state index contributed by atoms with van der Waals surface area (Å²) in [7, 11) is 0. The average molecular weight is 360 g/mol. The van der Waals surface area contributed by atoms with Crippen LogP contribution in [0.2, 0.25) is 0 Å². The van der Waals surface area contributed by atoms with E-state index in [1.807, 2.05) is 6.07 Å². The van der Waals surface area contributed by atoms with Crippen molar-refractivity contribution in [3.05, 3.63) is 10.1 Å². The fraction of sp³-hybridized carbons (Fsp3) is 0.625. The zero-order valence-electron chi connectivity index (χ0n) is 7.30. The van der Waals surface area contributed by atoms with Crippen LogP contribution in [0.15, 0.2) is 10.1 Å². The summed E-state index contributed by atoms with van der Waals surface area (Å²) < 4.78 is -1.74. The summed E-state index contributed by atoms with van der Waals surface area (Å²) in [5.74, 6) is 0. The number of halogens is 7. The van der Waals surface area contributed by atoms with Crippen LogP contribution in [0.4, 0.5) is 0 Å². The number of rotatable bonds is 0. The Bertz CT molecular complexity index is 452. The van der Waals surface area contributed by atoms with E-state index in [4.69, 9.17) is 86.5 Å². The van der Waals surface area contributed by atoms with E-state index in [0.29, 0.717) is 0 Å². The lowest BCUT2D eigenvalue weighted by Gasteiger charge is -2.34. The van der Waals surface area contributed by atoms with Crippen molar-refractivity contribution < 1.29 is 0 Å². The molecule has 0 N–H and O–H groups in total. The van der Waals surface area contributed by atoms with Gasteiger partial charge in [0.1, 0.15) is 9.75 Å². The molecule has 0 heterocycles. The van der Waals surface area contributed by atoms with Crippen LogP contribution in [0.1, 0.15) is 6.42 Å². The zero-order chi connectivity index (χ0) is 12.6. The van der Waals surface area contributed by atoms with E-state index in [9.17, 15) is 0 Å². The van der Waals surface area contributed by atoms with Gasteiger partial charge in [0, 0.05) is 6.42 Å². The van der Waals surface area contributed by atoms with Gasteiger partial charge in [-0.2, -0.15) is 5.26 Å². The molecule has 8 heteroatoms. The van der Waals surface area contributed by atoms with Crippen LogP contribution in [-0.4, -0.2) is 19.0 Å². The smallest absolute Gasteiger partial charge is 0.169 e. The third-order valence-corrected chi connectivity index (χ3v) is 7.86. The first-order chi connectivity index (χ1) is 7.08. The molecule has 0 aromatic rings. The highest BCUT2D eigenvalue weighted by molar-refractivity contribution is 6.67. The predicted octanol–water partition coefficient (Wildman–Crippen LogP) is 4.72. The zero-order valence-corrected chi connectivity index (χ0v) is 12.6. The minimum atomic E-state index is -1.74. The van der Waals surface area contributed by atoms with Gasteiger partial charge in [0.25, 0.3) is 0 Å². The highest BCUT2D eigenvalue weighted by Gasteiger charge is 2.84. The molecule has 0 amide bonds. The van der Waals surface area contributed by atoms with E-state index < -0.39 is 19.0 Å². The molecule has 1 saturated carbocycles. The van der Waals surface area contributed by atoms with E-state index in [0.717, 1.165) is 0 Å². The van der Waals surface area contributed by atoms with Crippen molar-refractivity contribution in [1.29, 1.82) is 5.26 Å². The Labute approximate surface area is 127 Å². The second kappa shape index (κ2) is 3.42. The number of nitrogens with zero attached hydrogens (tertiary/aromatic N) is 1. The molecule has 16 heavy (non-hydrogen) atoms. The van der Waals surface area contributed by atoms with E-state index in [1.54, 1.807) is 0 Å². The molecule has 2 bridgehead atoms. The molecule has 0 aromatic carbocycles. The molecule has 3 atom stereocenters. The van der Waals surface area contributed by atoms with Gasteiger partial charge in [-0.1, -0.05) is 46.4 Å². The number of fused-ring (bicyclic) bond motifs is 2. The van der Waals surface area contributed by atoms with Crippen LogP contribution in [0.5, 0.6) is 0 Å². The molecule has 3 unspecified atom stereocenters. The lowest BCUT2D eigenvalue weighted by molar-refractivity contribution is 0.617. The topological polar surface area (TPSA) is 23.8 Å². The minimum absolute atomic E-state index is 0.0439. The van der Waals surface area contributed by atoms with Crippen molar-refractivity contribution in [1.82, 2.24) is 0 Å². The first-order valence-electron chi connectivity index (χ1n) is 4.00. The molecular weight excluding hydrogens is 358 g/mol. The Balaban J connectivity index is 2.81. The summed E-state index contributed by atoms with van der Waals surface area (Å²) >= 11 is 42.7. The lowest BCUT2D eigenvalue weighted by atomic mass is 9.92. The summed E-state index contributed by atoms with van der Waals surface area (Å²) in [5.41, 5.74) is 0. The fourth-order valence-corrected chi connectivity index (χ4v) is 5.50. The molecule has 2 aliphatic carbocycles. The Kier molecular flexibility index (Phi) is 2.93. The number of hydrogen-bond donors (Lipinski definition) is 0. The summed E-state index contributed by atoms with van der Waals surface area (Å²) in [6.45, 7) is 0. The molecule has 0 saturated heterocycles. The van der Waals surface area contributed by atoms with E-state index in [1.165, 1.54) is 0 Å². The number of nitriles is 1. The maximum atomic E-state index is 9.10. The number of allylic oxidation sites excluding steroid dienone is 2.